The smallest absolute Gasteiger partial charge is 0.0631 e. The maximum atomic E-state index is 5.75. The lowest BCUT2D eigenvalue weighted by Crippen LogP contribution is -2.39. The summed E-state index contributed by atoms with van der Waals surface area (Å²) in [6.07, 6.45) is 7.38. The summed E-state index contributed by atoms with van der Waals surface area (Å²) < 4.78 is 5.75. The van der Waals surface area contributed by atoms with E-state index in [1.165, 1.54) is 5.56 Å². The summed E-state index contributed by atoms with van der Waals surface area (Å²) in [5, 5.41) is 10.3. The van der Waals surface area contributed by atoms with Crippen molar-refractivity contribution in [2.24, 2.45) is 0 Å². The predicted molar refractivity (Wildman–Crippen MR) is 58.7 cm³/mol. The first-order valence-electron chi connectivity index (χ1n) is 5.71. The van der Waals surface area contributed by atoms with Gasteiger partial charge in [-0.05, 0) is 24.9 Å². The summed E-state index contributed by atoms with van der Waals surface area (Å²) in [7, 11) is 0. The van der Waals surface area contributed by atoms with E-state index in [2.05, 4.69) is 22.4 Å². The number of H-pyrrole nitrogens is 1. The van der Waals surface area contributed by atoms with E-state index in [0.29, 0.717) is 12.1 Å². The van der Waals surface area contributed by atoms with Crippen molar-refractivity contribution in [3.8, 4) is 0 Å². The molecule has 0 saturated carbocycles. The lowest BCUT2D eigenvalue weighted by Gasteiger charge is -2.29. The Hall–Kier alpha value is -0.870. The third-order valence-corrected chi connectivity index (χ3v) is 2.88. The zero-order valence-corrected chi connectivity index (χ0v) is 9.20. The maximum absolute atomic E-state index is 5.75. The first-order valence-corrected chi connectivity index (χ1v) is 5.71. The first-order chi connectivity index (χ1) is 7.38. The van der Waals surface area contributed by atoms with Crippen LogP contribution in [0.1, 0.15) is 25.3 Å². The van der Waals surface area contributed by atoms with Gasteiger partial charge in [-0.25, -0.2) is 0 Å². The van der Waals surface area contributed by atoms with Crippen LogP contribution in [0.2, 0.25) is 0 Å². The van der Waals surface area contributed by atoms with Gasteiger partial charge in [0.1, 0.15) is 0 Å². The molecule has 2 N–H and O–H groups in total. The molecule has 1 fully saturated rings. The number of aromatic amines is 1. The Labute approximate surface area is 90.4 Å². The fourth-order valence-corrected chi connectivity index (χ4v) is 2.15. The molecule has 2 unspecified atom stereocenters. The van der Waals surface area contributed by atoms with Crippen LogP contribution in [0.15, 0.2) is 12.4 Å². The molecule has 1 saturated heterocycles. The van der Waals surface area contributed by atoms with Gasteiger partial charge in [0.25, 0.3) is 0 Å². The molecular formula is C11H19N3O. The summed E-state index contributed by atoms with van der Waals surface area (Å²) >= 11 is 0. The van der Waals surface area contributed by atoms with Gasteiger partial charge in [-0.2, -0.15) is 5.10 Å². The van der Waals surface area contributed by atoms with Gasteiger partial charge in [-0.1, -0.05) is 6.92 Å². The average molecular weight is 209 g/mol. The third-order valence-electron chi connectivity index (χ3n) is 2.88. The fourth-order valence-electron chi connectivity index (χ4n) is 2.15. The van der Waals surface area contributed by atoms with Gasteiger partial charge < -0.3 is 10.1 Å². The van der Waals surface area contributed by atoms with Crippen LogP contribution in [0.3, 0.4) is 0 Å². The van der Waals surface area contributed by atoms with Gasteiger partial charge in [0.05, 0.1) is 12.3 Å². The summed E-state index contributed by atoms with van der Waals surface area (Å²) in [4.78, 5) is 0. The fraction of sp³-hybridized carbons (Fsp3) is 0.727. The second-order valence-corrected chi connectivity index (χ2v) is 4.08. The molecule has 1 aromatic heterocycles. The predicted octanol–water partition coefficient (Wildman–Crippen LogP) is 1.11. The largest absolute Gasteiger partial charge is 0.378 e. The van der Waals surface area contributed by atoms with Crippen molar-refractivity contribution in [1.82, 2.24) is 15.5 Å². The number of rotatable bonds is 4. The molecule has 4 nitrogen and oxygen atoms in total. The molecule has 0 aliphatic carbocycles. The molecule has 2 atom stereocenters. The Morgan fingerprint density at radius 3 is 3.33 bits per heavy atom. The lowest BCUT2D eigenvalue weighted by molar-refractivity contribution is 0.00268. The molecule has 0 spiro atoms. The molecule has 2 heterocycles. The highest BCUT2D eigenvalue weighted by atomic mass is 16.5. The monoisotopic (exact) mass is 209 g/mol. The Bertz CT molecular complexity index is 271. The molecule has 1 aliphatic heterocycles. The van der Waals surface area contributed by atoms with Crippen molar-refractivity contribution in [2.45, 2.75) is 38.3 Å². The standard InChI is InChI=1S/C11H19N3O/c1-2-12-10-3-4-15-11(6-10)5-9-7-13-14-8-9/h7-8,10-12H,2-6H2,1H3,(H,13,14). The molecule has 0 bridgehead atoms. The van der Waals surface area contributed by atoms with Crippen LogP contribution in [0, 0.1) is 0 Å². The highest BCUT2D eigenvalue weighted by Crippen LogP contribution is 2.17. The number of nitrogens with one attached hydrogen (secondary N) is 2. The molecule has 2 rings (SSSR count). The van der Waals surface area contributed by atoms with Crippen molar-refractivity contribution in [3.05, 3.63) is 18.0 Å². The second kappa shape index (κ2) is 5.28. The summed E-state index contributed by atoms with van der Waals surface area (Å²) in [6, 6.07) is 0.626. The van der Waals surface area contributed by atoms with E-state index >= 15 is 0 Å². The van der Waals surface area contributed by atoms with Gasteiger partial charge in [0.2, 0.25) is 0 Å². The van der Waals surface area contributed by atoms with E-state index in [-0.39, 0.29) is 0 Å². The lowest BCUT2D eigenvalue weighted by atomic mass is 9.99. The summed E-state index contributed by atoms with van der Waals surface area (Å²) in [5.74, 6) is 0. The average Bonchev–Trinajstić information content (AvgIpc) is 2.71. The van der Waals surface area contributed by atoms with Crippen LogP contribution in [-0.2, 0) is 11.2 Å². The minimum Gasteiger partial charge on any atom is -0.378 e. The Morgan fingerprint density at radius 2 is 2.60 bits per heavy atom. The Morgan fingerprint density at radius 1 is 1.67 bits per heavy atom. The number of hydrogen-bond donors (Lipinski definition) is 2. The Kier molecular flexibility index (Phi) is 3.75. The number of aromatic nitrogens is 2. The van der Waals surface area contributed by atoms with E-state index in [0.717, 1.165) is 32.4 Å². The quantitative estimate of drug-likeness (QED) is 0.781. The second-order valence-electron chi connectivity index (χ2n) is 4.08. The minimum atomic E-state index is 0.348. The van der Waals surface area contributed by atoms with Crippen molar-refractivity contribution in [1.29, 1.82) is 0 Å². The molecular weight excluding hydrogens is 190 g/mol. The number of hydrogen-bond acceptors (Lipinski definition) is 3. The third kappa shape index (κ3) is 3.04. The highest BCUT2D eigenvalue weighted by molar-refractivity contribution is 5.04. The van der Waals surface area contributed by atoms with Crippen molar-refractivity contribution < 1.29 is 4.74 Å². The molecule has 1 aliphatic rings. The van der Waals surface area contributed by atoms with E-state index in [9.17, 15) is 0 Å². The molecule has 1 aromatic rings. The molecule has 0 amide bonds. The molecule has 15 heavy (non-hydrogen) atoms. The Balaban J connectivity index is 1.82. The van der Waals surface area contributed by atoms with Crippen LogP contribution in [0.25, 0.3) is 0 Å². The van der Waals surface area contributed by atoms with Gasteiger partial charge >= 0.3 is 0 Å². The minimum absolute atomic E-state index is 0.348. The molecule has 84 valence electrons. The number of ether oxygens (including phenoxy) is 1. The molecule has 0 aromatic carbocycles. The van der Waals surface area contributed by atoms with Crippen molar-refractivity contribution in [3.63, 3.8) is 0 Å². The van der Waals surface area contributed by atoms with Gasteiger partial charge in [0, 0.05) is 25.3 Å². The van der Waals surface area contributed by atoms with Crippen LogP contribution in [0.4, 0.5) is 0 Å². The number of nitrogens with zero attached hydrogens (tertiary/aromatic N) is 1. The van der Waals surface area contributed by atoms with Crippen LogP contribution in [0.5, 0.6) is 0 Å². The summed E-state index contributed by atoms with van der Waals surface area (Å²) in [6.45, 7) is 4.07. The van der Waals surface area contributed by atoms with E-state index in [1.807, 2.05) is 12.4 Å². The van der Waals surface area contributed by atoms with Crippen LogP contribution in [-0.4, -0.2) is 35.5 Å². The van der Waals surface area contributed by atoms with Crippen molar-refractivity contribution >= 4 is 0 Å². The van der Waals surface area contributed by atoms with E-state index in [4.69, 9.17) is 4.74 Å². The molecule has 4 heteroatoms. The zero-order valence-electron chi connectivity index (χ0n) is 9.20. The van der Waals surface area contributed by atoms with E-state index in [1.54, 1.807) is 0 Å². The van der Waals surface area contributed by atoms with Crippen LogP contribution < -0.4 is 5.32 Å². The van der Waals surface area contributed by atoms with Crippen LogP contribution >= 0.6 is 0 Å². The summed E-state index contributed by atoms with van der Waals surface area (Å²) in [5.41, 5.74) is 1.23. The van der Waals surface area contributed by atoms with Gasteiger partial charge in [-0.3, -0.25) is 5.10 Å². The molecule has 0 radical (unpaired) electrons. The normalized spacial score (nSPS) is 26.7. The van der Waals surface area contributed by atoms with E-state index < -0.39 is 0 Å². The topological polar surface area (TPSA) is 49.9 Å². The highest BCUT2D eigenvalue weighted by Gasteiger charge is 2.22. The van der Waals surface area contributed by atoms with Gasteiger partial charge in [-0.15, -0.1) is 0 Å². The SMILES string of the molecule is CCNC1CCOC(Cc2cn[nH]c2)C1. The maximum Gasteiger partial charge on any atom is 0.0631 e. The zero-order chi connectivity index (χ0) is 10.5. The van der Waals surface area contributed by atoms with Gasteiger partial charge in [0.15, 0.2) is 0 Å². The van der Waals surface area contributed by atoms with Crippen molar-refractivity contribution in [2.75, 3.05) is 13.2 Å². The first kappa shape index (κ1) is 10.6.